The van der Waals surface area contributed by atoms with Crippen molar-refractivity contribution in [3.05, 3.63) is 35.9 Å². The Bertz CT molecular complexity index is 992. The fraction of sp³-hybridized carbons (Fsp3) is 0.654. The summed E-state index contributed by atoms with van der Waals surface area (Å²) in [5.41, 5.74) is -3.26. The Balaban J connectivity index is 1.90. The van der Waals surface area contributed by atoms with Crippen molar-refractivity contribution >= 4 is 17.9 Å². The molecule has 2 saturated carbocycles. The molecule has 1 heterocycles. The molecule has 0 aromatic heterocycles. The van der Waals surface area contributed by atoms with Gasteiger partial charge in [-0.2, -0.15) is 0 Å². The van der Waals surface area contributed by atoms with Crippen molar-refractivity contribution in [3.8, 4) is 0 Å². The minimum Gasteiger partial charge on any atom is -0.459 e. The molecular formula is C26H34O9. The fourth-order valence-corrected chi connectivity index (χ4v) is 6.82. The molecule has 3 aliphatic rings. The Morgan fingerprint density at radius 3 is 2.23 bits per heavy atom. The van der Waals surface area contributed by atoms with Gasteiger partial charge in [-0.1, -0.05) is 25.1 Å². The number of hydrogen-bond donors (Lipinski definition) is 2. The van der Waals surface area contributed by atoms with Crippen LogP contribution in [-0.4, -0.2) is 70.3 Å². The molecule has 2 aliphatic carbocycles. The zero-order valence-corrected chi connectivity index (χ0v) is 20.7. The summed E-state index contributed by atoms with van der Waals surface area (Å²) in [5.74, 6) is -2.64. The van der Waals surface area contributed by atoms with Crippen LogP contribution in [-0.2, 0) is 28.5 Å². The zero-order chi connectivity index (χ0) is 25.8. The van der Waals surface area contributed by atoms with Crippen LogP contribution >= 0.6 is 0 Å². The number of benzene rings is 1. The van der Waals surface area contributed by atoms with Crippen LogP contribution < -0.4 is 0 Å². The summed E-state index contributed by atoms with van der Waals surface area (Å²) in [6.07, 6.45) is -4.03. The molecule has 8 atom stereocenters. The van der Waals surface area contributed by atoms with Gasteiger partial charge in [-0.3, -0.25) is 9.59 Å². The number of fused-ring (bicyclic) bond motifs is 1. The molecule has 9 nitrogen and oxygen atoms in total. The van der Waals surface area contributed by atoms with Gasteiger partial charge in [-0.15, -0.1) is 0 Å². The van der Waals surface area contributed by atoms with Gasteiger partial charge in [0, 0.05) is 19.8 Å². The monoisotopic (exact) mass is 490 g/mol. The lowest BCUT2D eigenvalue weighted by Crippen LogP contribution is -2.76. The van der Waals surface area contributed by atoms with Crippen molar-refractivity contribution in [2.45, 2.75) is 83.1 Å². The fourth-order valence-electron chi connectivity index (χ4n) is 6.82. The highest BCUT2D eigenvalue weighted by Crippen LogP contribution is 2.67. The summed E-state index contributed by atoms with van der Waals surface area (Å²) >= 11 is 0. The highest BCUT2D eigenvalue weighted by molar-refractivity contribution is 5.89. The number of hydrogen-bond acceptors (Lipinski definition) is 9. The third kappa shape index (κ3) is 3.84. The molecule has 0 radical (unpaired) electrons. The number of aliphatic hydroxyl groups is 2. The van der Waals surface area contributed by atoms with Crippen LogP contribution in [0.2, 0.25) is 0 Å². The molecule has 2 N–H and O–H groups in total. The van der Waals surface area contributed by atoms with E-state index >= 15 is 0 Å². The number of aliphatic hydroxyl groups excluding tert-OH is 2. The summed E-state index contributed by atoms with van der Waals surface area (Å²) in [5, 5.41) is 22.7. The Hall–Kier alpha value is -2.49. The lowest BCUT2D eigenvalue weighted by Gasteiger charge is -2.62. The van der Waals surface area contributed by atoms with E-state index in [0.717, 1.165) is 0 Å². The van der Waals surface area contributed by atoms with Crippen molar-refractivity contribution in [3.63, 3.8) is 0 Å². The maximum atomic E-state index is 13.2. The van der Waals surface area contributed by atoms with E-state index in [-0.39, 0.29) is 11.5 Å². The summed E-state index contributed by atoms with van der Waals surface area (Å²) < 4.78 is 24.0. The van der Waals surface area contributed by atoms with Crippen LogP contribution in [0, 0.1) is 17.3 Å². The van der Waals surface area contributed by atoms with Crippen molar-refractivity contribution in [1.82, 2.24) is 0 Å². The summed E-state index contributed by atoms with van der Waals surface area (Å²) in [4.78, 5) is 37.4. The molecule has 1 saturated heterocycles. The molecular weight excluding hydrogens is 456 g/mol. The molecule has 35 heavy (non-hydrogen) atoms. The van der Waals surface area contributed by atoms with Crippen LogP contribution in [0.25, 0.3) is 0 Å². The molecule has 0 amide bonds. The SMILES string of the molecule is CC(=O)O[C@H]1C[C@@H](C)[C@@]23C[C@@H]([C@@H](O)[C@H](OC(=O)c4ccccc4)[C@]2(CO)[C@H]1OC(C)=O)C(C)(C)O3. The Kier molecular flexibility index (Phi) is 6.49. The van der Waals surface area contributed by atoms with E-state index in [1.807, 2.05) is 20.8 Å². The number of carbonyl (C=O) groups excluding carboxylic acids is 3. The largest absolute Gasteiger partial charge is 0.459 e. The standard InChI is InChI=1S/C26H34O9/c1-14-11-19(32-15(2)28)21(33-16(3)29)25(13-27)22(34-23(31)17-9-7-6-8-10-17)20(30)18-12-26(14,25)35-24(18,4)5/h6-10,14,18-22,27,30H,11-13H2,1-5H3/t14-,18+,19+,20-,21+,22+,25+,26+/m1/s1. The topological polar surface area (TPSA) is 129 Å². The molecule has 1 aromatic rings. The Morgan fingerprint density at radius 2 is 1.66 bits per heavy atom. The molecule has 2 bridgehead atoms. The van der Waals surface area contributed by atoms with Crippen molar-refractivity contribution in [2.24, 2.45) is 17.3 Å². The van der Waals surface area contributed by atoms with Gasteiger partial charge in [0.15, 0.2) is 6.10 Å². The van der Waals surface area contributed by atoms with E-state index in [1.165, 1.54) is 13.8 Å². The maximum Gasteiger partial charge on any atom is 0.338 e. The second kappa shape index (κ2) is 8.87. The molecule has 1 aromatic carbocycles. The zero-order valence-electron chi connectivity index (χ0n) is 20.7. The molecule has 3 fully saturated rings. The lowest BCUT2D eigenvalue weighted by molar-refractivity contribution is -0.306. The minimum atomic E-state index is -1.59. The van der Waals surface area contributed by atoms with Gasteiger partial charge in [-0.25, -0.2) is 4.79 Å². The third-order valence-electron chi connectivity index (χ3n) is 8.22. The Morgan fingerprint density at radius 1 is 1.03 bits per heavy atom. The quantitative estimate of drug-likeness (QED) is 0.470. The lowest BCUT2D eigenvalue weighted by atomic mass is 9.48. The molecule has 1 aliphatic heterocycles. The maximum absolute atomic E-state index is 13.2. The van der Waals surface area contributed by atoms with E-state index < -0.39 is 71.5 Å². The number of esters is 3. The second-order valence-electron chi connectivity index (χ2n) is 10.6. The van der Waals surface area contributed by atoms with Gasteiger partial charge in [0.25, 0.3) is 0 Å². The van der Waals surface area contributed by atoms with Gasteiger partial charge in [0.2, 0.25) is 0 Å². The summed E-state index contributed by atoms with van der Waals surface area (Å²) in [6, 6.07) is 8.31. The average molecular weight is 491 g/mol. The van der Waals surface area contributed by atoms with Crippen LogP contribution in [0.1, 0.15) is 57.8 Å². The minimum absolute atomic E-state index is 0.268. The average Bonchev–Trinajstić information content (AvgIpc) is 3.05. The van der Waals surface area contributed by atoms with E-state index in [1.54, 1.807) is 30.3 Å². The normalized spacial score (nSPS) is 39.3. The molecule has 0 unspecified atom stereocenters. The molecule has 1 spiro atoms. The molecule has 9 heteroatoms. The smallest absolute Gasteiger partial charge is 0.338 e. The second-order valence-corrected chi connectivity index (χ2v) is 10.6. The van der Waals surface area contributed by atoms with Gasteiger partial charge >= 0.3 is 17.9 Å². The van der Waals surface area contributed by atoms with E-state index in [9.17, 15) is 24.6 Å². The highest BCUT2D eigenvalue weighted by Gasteiger charge is 2.79. The number of carbonyl (C=O) groups is 3. The third-order valence-corrected chi connectivity index (χ3v) is 8.22. The van der Waals surface area contributed by atoms with Crippen LogP contribution in [0.5, 0.6) is 0 Å². The first-order valence-electron chi connectivity index (χ1n) is 12.0. The highest BCUT2D eigenvalue weighted by atomic mass is 16.6. The van der Waals surface area contributed by atoms with E-state index in [2.05, 4.69) is 0 Å². The van der Waals surface area contributed by atoms with Crippen LogP contribution in [0.15, 0.2) is 30.3 Å². The van der Waals surface area contributed by atoms with Gasteiger partial charge in [0.05, 0.1) is 29.5 Å². The van der Waals surface area contributed by atoms with E-state index in [4.69, 9.17) is 18.9 Å². The summed E-state index contributed by atoms with van der Waals surface area (Å²) in [6.45, 7) is 7.44. The van der Waals surface area contributed by atoms with Crippen molar-refractivity contribution in [1.29, 1.82) is 0 Å². The first-order chi connectivity index (χ1) is 16.4. The van der Waals surface area contributed by atoms with Crippen molar-refractivity contribution < 1.29 is 43.5 Å². The first kappa shape index (κ1) is 25.6. The van der Waals surface area contributed by atoms with Gasteiger partial charge < -0.3 is 29.2 Å². The number of rotatable bonds is 5. The van der Waals surface area contributed by atoms with E-state index in [0.29, 0.717) is 12.8 Å². The van der Waals surface area contributed by atoms with Gasteiger partial charge in [-0.05, 0) is 44.7 Å². The predicted molar refractivity (Wildman–Crippen MR) is 122 cm³/mol. The van der Waals surface area contributed by atoms with Gasteiger partial charge in [0.1, 0.15) is 17.6 Å². The Labute approximate surface area is 204 Å². The first-order valence-corrected chi connectivity index (χ1v) is 12.0. The van der Waals surface area contributed by atoms with Crippen LogP contribution in [0.4, 0.5) is 0 Å². The van der Waals surface area contributed by atoms with Crippen molar-refractivity contribution in [2.75, 3.05) is 6.61 Å². The van der Waals surface area contributed by atoms with Crippen LogP contribution in [0.3, 0.4) is 0 Å². The summed E-state index contributed by atoms with van der Waals surface area (Å²) in [7, 11) is 0. The molecule has 192 valence electrons. The number of ether oxygens (including phenoxy) is 4. The predicted octanol–water partition coefficient (Wildman–Crippen LogP) is 2.02. The molecule has 4 rings (SSSR count).